The van der Waals surface area contributed by atoms with Gasteiger partial charge in [0.15, 0.2) is 5.82 Å². The molecule has 6 heterocycles. The molecule has 5 fully saturated rings. The van der Waals surface area contributed by atoms with Gasteiger partial charge in [-0.1, -0.05) is 13.0 Å². The Morgan fingerprint density at radius 1 is 1.09 bits per heavy atom. The number of piperidine rings is 2. The van der Waals surface area contributed by atoms with Crippen LogP contribution in [0.5, 0.6) is 11.8 Å². The zero-order valence-electron chi connectivity index (χ0n) is 25.1. The summed E-state index contributed by atoms with van der Waals surface area (Å²) < 4.78 is 68.8. The minimum absolute atomic E-state index is 0.0440. The van der Waals surface area contributed by atoms with Gasteiger partial charge in [-0.2, -0.15) is 9.97 Å². The summed E-state index contributed by atoms with van der Waals surface area (Å²) in [4.78, 5) is 13.5. The average Bonchev–Trinajstić information content (AvgIpc) is 3.56. The Kier molecular flexibility index (Phi) is 6.83. The van der Waals surface area contributed by atoms with Crippen LogP contribution in [0.15, 0.2) is 30.3 Å². The fraction of sp³-hybridized carbons (Fsp3) is 0.471. The fourth-order valence-corrected chi connectivity index (χ4v) is 8.35. The Balaban J connectivity index is 1.31. The SMILES string of the molecule is CCc1c(F)ccc2cc(O)cc(-c3c(F)cc4c(N5C[C@@H]6CC[C@H]5CN6)nc(OC[C@@]56CCCN5C[C@H](F)C6)nc4c3F)c12. The zero-order valence-corrected chi connectivity index (χ0v) is 25.1. The molecule has 3 aromatic carbocycles. The monoisotopic (exact) mass is 621 g/mol. The second-order valence-electron chi connectivity index (χ2n) is 13.1. The number of nitrogens with zero attached hydrogens (tertiary/aromatic N) is 4. The molecular weight excluding hydrogens is 586 g/mol. The predicted octanol–water partition coefficient (Wildman–Crippen LogP) is 6.03. The number of rotatable bonds is 6. The minimum Gasteiger partial charge on any atom is -0.508 e. The Morgan fingerprint density at radius 3 is 2.71 bits per heavy atom. The number of aromatic hydroxyl groups is 1. The summed E-state index contributed by atoms with van der Waals surface area (Å²) in [5.74, 6) is -2.10. The van der Waals surface area contributed by atoms with Crippen molar-refractivity contribution >= 4 is 27.5 Å². The topological polar surface area (TPSA) is 73.8 Å². The Bertz CT molecular complexity index is 1830. The fourth-order valence-electron chi connectivity index (χ4n) is 8.35. The number of piperazine rings is 1. The molecule has 0 amide bonds. The predicted molar refractivity (Wildman–Crippen MR) is 164 cm³/mol. The summed E-state index contributed by atoms with van der Waals surface area (Å²) in [7, 11) is 0. The van der Waals surface area contributed by atoms with Crippen molar-refractivity contribution in [2.75, 3.05) is 37.7 Å². The number of halogens is 4. The van der Waals surface area contributed by atoms with Crippen LogP contribution in [0.1, 0.15) is 44.6 Å². The number of hydrogen-bond donors (Lipinski definition) is 2. The highest BCUT2D eigenvalue weighted by Gasteiger charge is 2.49. The lowest BCUT2D eigenvalue weighted by Crippen LogP contribution is -2.61. The first kappa shape index (κ1) is 28.8. The highest BCUT2D eigenvalue weighted by atomic mass is 19.1. The average molecular weight is 622 g/mol. The molecule has 2 N–H and O–H groups in total. The van der Waals surface area contributed by atoms with E-state index < -0.39 is 34.7 Å². The van der Waals surface area contributed by atoms with E-state index in [1.54, 1.807) is 6.92 Å². The van der Waals surface area contributed by atoms with Crippen LogP contribution in [0.4, 0.5) is 23.4 Å². The highest BCUT2D eigenvalue weighted by Crippen LogP contribution is 2.44. The third-order valence-corrected chi connectivity index (χ3v) is 10.5. The smallest absolute Gasteiger partial charge is 0.319 e. The van der Waals surface area contributed by atoms with E-state index in [1.807, 2.05) is 0 Å². The van der Waals surface area contributed by atoms with Crippen LogP contribution in [0.25, 0.3) is 32.8 Å². The summed E-state index contributed by atoms with van der Waals surface area (Å²) >= 11 is 0. The van der Waals surface area contributed by atoms with Crippen molar-refractivity contribution in [2.45, 2.75) is 69.2 Å². The van der Waals surface area contributed by atoms with Gasteiger partial charge in [-0.25, -0.2) is 17.6 Å². The number of nitrogens with one attached hydrogen (secondary N) is 1. The lowest BCUT2D eigenvalue weighted by Gasteiger charge is -2.46. The number of anilines is 1. The molecule has 0 spiro atoms. The standard InChI is InChI=1S/C34H35F4N5O2/c1-2-23-26(36)7-4-18-10-22(44)11-24(28(18)23)29-27(37)12-25-31(30(29)38)40-33(41-32(25)43-16-20-5-6-21(43)14-39-20)45-17-34-8-3-9-42(34)15-19(35)13-34/h4,7,10-12,19-21,39,44H,2-3,5-6,8-9,13-17H2,1H3/t19-,20+,21+,34+/m1/s1. The van der Waals surface area contributed by atoms with Crippen LogP contribution in [0.3, 0.4) is 0 Å². The van der Waals surface area contributed by atoms with E-state index in [2.05, 4.69) is 20.1 Å². The molecule has 9 rings (SSSR count). The molecule has 5 aliphatic heterocycles. The normalized spacial score (nSPS) is 26.3. The van der Waals surface area contributed by atoms with Gasteiger partial charge in [-0.3, -0.25) is 4.90 Å². The number of benzene rings is 3. The number of fused-ring (bicyclic) bond motifs is 6. The van der Waals surface area contributed by atoms with Crippen molar-refractivity contribution in [3.05, 3.63) is 53.3 Å². The maximum atomic E-state index is 16.9. The van der Waals surface area contributed by atoms with E-state index in [1.165, 1.54) is 30.3 Å². The molecule has 236 valence electrons. The zero-order chi connectivity index (χ0) is 31.0. The van der Waals surface area contributed by atoms with Gasteiger partial charge in [0, 0.05) is 43.5 Å². The van der Waals surface area contributed by atoms with Crippen LogP contribution >= 0.6 is 0 Å². The van der Waals surface area contributed by atoms with Gasteiger partial charge in [0.1, 0.15) is 41.5 Å². The maximum Gasteiger partial charge on any atom is 0.319 e. The van der Waals surface area contributed by atoms with Crippen LogP contribution in [-0.4, -0.2) is 76.6 Å². The second kappa shape index (κ2) is 10.7. The van der Waals surface area contributed by atoms with E-state index in [0.717, 1.165) is 38.8 Å². The van der Waals surface area contributed by atoms with E-state index in [9.17, 15) is 13.9 Å². The first-order valence-corrected chi connectivity index (χ1v) is 15.9. The molecule has 4 atom stereocenters. The molecule has 45 heavy (non-hydrogen) atoms. The number of ether oxygens (including phenoxy) is 1. The summed E-state index contributed by atoms with van der Waals surface area (Å²) in [5.41, 5.74) is -0.643. The molecule has 1 aromatic heterocycles. The molecule has 5 saturated heterocycles. The van der Waals surface area contributed by atoms with Gasteiger partial charge in [0.25, 0.3) is 0 Å². The summed E-state index contributed by atoms with van der Waals surface area (Å²) in [6.45, 7) is 4.45. The largest absolute Gasteiger partial charge is 0.508 e. The molecule has 5 aliphatic rings. The van der Waals surface area contributed by atoms with Gasteiger partial charge < -0.3 is 20.1 Å². The van der Waals surface area contributed by atoms with Crippen molar-refractivity contribution in [1.29, 1.82) is 0 Å². The van der Waals surface area contributed by atoms with Gasteiger partial charge in [0.05, 0.1) is 11.1 Å². The number of aryl methyl sites for hydroxylation is 1. The molecular formula is C34H35F4N5O2. The number of hydrogen-bond acceptors (Lipinski definition) is 7. The highest BCUT2D eigenvalue weighted by molar-refractivity contribution is 6.03. The maximum absolute atomic E-state index is 16.9. The van der Waals surface area contributed by atoms with E-state index in [-0.39, 0.29) is 53.3 Å². The lowest BCUT2D eigenvalue weighted by molar-refractivity contribution is 0.107. The number of phenols is 1. The van der Waals surface area contributed by atoms with Crippen molar-refractivity contribution < 1.29 is 27.4 Å². The molecule has 0 unspecified atom stereocenters. The number of phenolic OH excluding ortho intramolecular Hbond substituents is 1. The van der Waals surface area contributed by atoms with E-state index in [0.29, 0.717) is 41.7 Å². The molecule has 0 saturated carbocycles. The molecule has 2 bridgehead atoms. The Labute approximate surface area is 258 Å². The van der Waals surface area contributed by atoms with E-state index >= 15 is 8.78 Å². The first-order chi connectivity index (χ1) is 21.7. The summed E-state index contributed by atoms with van der Waals surface area (Å²) in [6, 6.07) is 7.02. The van der Waals surface area contributed by atoms with Gasteiger partial charge in [-0.05, 0) is 84.8 Å². The third-order valence-electron chi connectivity index (χ3n) is 10.5. The molecule has 4 aromatic rings. The summed E-state index contributed by atoms with van der Waals surface area (Å²) in [5, 5.41) is 15.1. The van der Waals surface area contributed by atoms with Crippen molar-refractivity contribution in [2.24, 2.45) is 0 Å². The lowest BCUT2D eigenvalue weighted by atomic mass is 9.91. The summed E-state index contributed by atoms with van der Waals surface area (Å²) in [6.07, 6.45) is 3.37. The van der Waals surface area contributed by atoms with Crippen LogP contribution in [-0.2, 0) is 6.42 Å². The Morgan fingerprint density at radius 2 is 1.96 bits per heavy atom. The molecule has 7 nitrogen and oxygen atoms in total. The van der Waals surface area contributed by atoms with Crippen molar-refractivity contribution in [1.82, 2.24) is 20.2 Å². The van der Waals surface area contributed by atoms with Crippen molar-refractivity contribution in [3.63, 3.8) is 0 Å². The van der Waals surface area contributed by atoms with E-state index in [4.69, 9.17) is 9.72 Å². The number of aromatic nitrogens is 2. The van der Waals surface area contributed by atoms with Gasteiger partial charge in [-0.15, -0.1) is 0 Å². The minimum atomic E-state index is -0.942. The van der Waals surface area contributed by atoms with Crippen LogP contribution in [0, 0.1) is 17.5 Å². The van der Waals surface area contributed by atoms with Gasteiger partial charge in [0.2, 0.25) is 0 Å². The van der Waals surface area contributed by atoms with Crippen molar-refractivity contribution in [3.8, 4) is 22.9 Å². The molecule has 0 radical (unpaired) electrons. The number of alkyl halides is 1. The van der Waals surface area contributed by atoms with Crippen LogP contribution < -0.4 is 15.0 Å². The second-order valence-corrected chi connectivity index (χ2v) is 13.1. The first-order valence-electron chi connectivity index (χ1n) is 15.9. The quantitative estimate of drug-likeness (QED) is 0.255. The third kappa shape index (κ3) is 4.61. The molecule has 0 aliphatic carbocycles. The van der Waals surface area contributed by atoms with Gasteiger partial charge >= 0.3 is 6.01 Å². The Hall–Kier alpha value is -3.70. The molecule has 11 heteroatoms. The van der Waals surface area contributed by atoms with Crippen LogP contribution in [0.2, 0.25) is 0 Å².